The van der Waals surface area contributed by atoms with Crippen molar-refractivity contribution in [1.82, 2.24) is 0 Å². The van der Waals surface area contributed by atoms with Gasteiger partial charge < -0.3 is 30.8 Å². The summed E-state index contributed by atoms with van der Waals surface area (Å²) in [6, 6.07) is 0. The molecule has 0 saturated carbocycles. The first kappa shape index (κ1) is 19.8. The quantitative estimate of drug-likeness (QED) is 0.263. The Morgan fingerprint density at radius 3 is 1.71 bits per heavy atom. The van der Waals surface area contributed by atoms with Crippen molar-refractivity contribution >= 4 is 23.8 Å². The summed E-state index contributed by atoms with van der Waals surface area (Å²) in [5.74, 6) is 0. The zero-order valence-electron chi connectivity index (χ0n) is 9.36. The molecule has 106 valence electrons. The zero-order chi connectivity index (χ0) is 14.1. The molecule has 10 heteroatoms. The van der Waals surface area contributed by atoms with Gasteiger partial charge in [0, 0.05) is 0 Å². The Balaban J connectivity index is 0. The van der Waals surface area contributed by atoms with E-state index in [0.717, 1.165) is 0 Å². The molecule has 8 nitrogen and oxygen atoms in total. The molecule has 0 saturated heterocycles. The second-order valence-corrected chi connectivity index (χ2v) is 5.46. The number of hydrogen-bond acceptors (Lipinski definition) is 6. The van der Waals surface area contributed by atoms with Gasteiger partial charge >= 0.3 is 7.82 Å². The lowest BCUT2D eigenvalue weighted by Gasteiger charge is -2.20. The molecule has 17 heavy (non-hydrogen) atoms. The number of alkyl halides is 1. The van der Waals surface area contributed by atoms with Gasteiger partial charge in [-0.3, -0.25) is 4.52 Å². The van der Waals surface area contributed by atoms with Crippen LogP contribution in [0.15, 0.2) is 0 Å². The van der Waals surface area contributed by atoms with E-state index in [-0.39, 0.29) is 0 Å². The molecular weight excluding hydrogens is 321 g/mol. The average Bonchev–Trinajstić information content (AvgIpc) is 2.26. The largest absolute Gasteiger partial charge is 0.470 e. The van der Waals surface area contributed by atoms with Gasteiger partial charge in [-0.1, -0.05) is 22.9 Å². The van der Waals surface area contributed by atoms with Crippen LogP contribution in [-0.2, 0) is 9.09 Å². The molecule has 0 rings (SSSR count). The summed E-state index contributed by atoms with van der Waals surface area (Å²) in [4.78, 5) is 16.4. The third-order valence-electron chi connectivity index (χ3n) is 1.52. The molecule has 0 aromatic rings. The zero-order valence-corrected chi connectivity index (χ0v) is 11.8. The molecule has 0 aromatic heterocycles. The minimum atomic E-state index is -4.29. The van der Waals surface area contributed by atoms with Gasteiger partial charge in [0.25, 0.3) is 0 Å². The summed E-state index contributed by atoms with van der Waals surface area (Å²) in [7, 11) is -4.29. The number of aliphatic hydroxyl groups is 3. The summed E-state index contributed by atoms with van der Waals surface area (Å²) < 4.78 is 14.2. The van der Waals surface area contributed by atoms with E-state index < -0.39 is 38.2 Å². The number of aliphatic hydroxyl groups excluding tert-OH is 3. The third-order valence-corrected chi connectivity index (χ3v) is 3.17. The average molecular weight is 340 g/mol. The van der Waals surface area contributed by atoms with Crippen molar-refractivity contribution in [3.63, 3.8) is 0 Å². The summed E-state index contributed by atoms with van der Waals surface area (Å²) >= 11 is 2.90. The predicted octanol–water partition coefficient (Wildman–Crippen LogP) is -1.11. The molecule has 0 fully saturated rings. The first-order chi connectivity index (χ1) is 7.64. The lowest BCUT2D eigenvalue weighted by molar-refractivity contribution is 0.0697. The number of phosphoric acid groups is 1. The molecule has 0 aliphatic carbocycles. The molecule has 0 radical (unpaired) electrons. The number of phosphoric ester groups is 1. The van der Waals surface area contributed by atoms with E-state index in [1.807, 2.05) is 0 Å². The van der Waals surface area contributed by atoms with E-state index in [0.29, 0.717) is 6.42 Å². The van der Waals surface area contributed by atoms with Crippen molar-refractivity contribution in [2.45, 2.75) is 23.9 Å². The molecule has 0 spiro atoms. The number of hydrogen-bond donors (Lipinski definition) is 6. The maximum atomic E-state index is 10.0. The number of halogens is 1. The maximum absolute atomic E-state index is 10.0. The number of nitrogens with two attached hydrogens (primary N) is 1. The highest BCUT2D eigenvalue weighted by Crippen LogP contribution is 2.39. The maximum Gasteiger partial charge on any atom is 0.470 e. The van der Waals surface area contributed by atoms with Crippen LogP contribution in [0.2, 0.25) is 0 Å². The smallest absolute Gasteiger partial charge is 0.394 e. The minimum Gasteiger partial charge on any atom is -0.394 e. The standard InChI is InChI=1S/C4H11NO3.C3H8BrO4P/c5-4(1-6,2-7)3-8;1-2-3(4)8-9(5,6)7/h6-8H,1-3,5H2;3H,2H2,1H3,(H2,5,6,7). The Hall–Kier alpha value is 0.430. The molecule has 1 atom stereocenters. The van der Waals surface area contributed by atoms with Gasteiger partial charge in [-0.25, -0.2) is 4.57 Å². The van der Waals surface area contributed by atoms with E-state index >= 15 is 0 Å². The molecular formula is C7H19BrNO7P. The van der Waals surface area contributed by atoms with E-state index in [1.54, 1.807) is 6.92 Å². The van der Waals surface area contributed by atoms with Crippen LogP contribution in [0.25, 0.3) is 0 Å². The highest BCUT2D eigenvalue weighted by atomic mass is 79.9. The summed E-state index contributed by atoms with van der Waals surface area (Å²) in [5, 5.41) is 24.5. The second kappa shape index (κ2) is 9.37. The Morgan fingerprint density at radius 1 is 1.29 bits per heavy atom. The van der Waals surface area contributed by atoms with E-state index in [2.05, 4.69) is 20.5 Å². The molecule has 0 heterocycles. The van der Waals surface area contributed by atoms with Gasteiger partial charge in [0.05, 0.1) is 25.4 Å². The van der Waals surface area contributed by atoms with Gasteiger partial charge in [0.1, 0.15) is 5.01 Å². The van der Waals surface area contributed by atoms with Crippen LogP contribution < -0.4 is 5.73 Å². The highest BCUT2D eigenvalue weighted by molar-refractivity contribution is 9.09. The van der Waals surface area contributed by atoms with Crippen molar-refractivity contribution in [2.75, 3.05) is 19.8 Å². The molecule has 0 aromatic carbocycles. The fourth-order valence-corrected chi connectivity index (χ4v) is 1.47. The van der Waals surface area contributed by atoms with Crippen LogP contribution in [0.5, 0.6) is 0 Å². The van der Waals surface area contributed by atoms with Crippen LogP contribution >= 0.6 is 23.8 Å². The first-order valence-electron chi connectivity index (χ1n) is 4.63. The highest BCUT2D eigenvalue weighted by Gasteiger charge is 2.20. The Kier molecular flexibility index (Phi) is 10.9. The van der Waals surface area contributed by atoms with Gasteiger partial charge in [-0.05, 0) is 6.42 Å². The minimum absolute atomic E-state index is 0.403. The Labute approximate surface area is 108 Å². The molecule has 0 amide bonds. The van der Waals surface area contributed by atoms with Crippen LogP contribution in [0.1, 0.15) is 13.3 Å². The first-order valence-corrected chi connectivity index (χ1v) is 7.08. The van der Waals surface area contributed by atoms with E-state index in [4.69, 9.17) is 30.8 Å². The summed E-state index contributed by atoms with van der Waals surface area (Å²) in [6.45, 7) is 0.537. The molecule has 0 aliphatic rings. The van der Waals surface area contributed by atoms with Gasteiger partial charge in [-0.15, -0.1) is 0 Å². The van der Waals surface area contributed by atoms with Crippen LogP contribution in [0.3, 0.4) is 0 Å². The van der Waals surface area contributed by atoms with Gasteiger partial charge in [0.2, 0.25) is 0 Å². The van der Waals surface area contributed by atoms with Crippen molar-refractivity contribution in [1.29, 1.82) is 0 Å². The second-order valence-electron chi connectivity index (χ2n) is 3.25. The predicted molar refractivity (Wildman–Crippen MR) is 64.3 cm³/mol. The van der Waals surface area contributed by atoms with Crippen molar-refractivity contribution in [3.8, 4) is 0 Å². The SMILES string of the molecule is CCC(Br)OP(=O)(O)O.NC(CO)(CO)CO. The molecule has 0 bridgehead atoms. The fourth-order valence-electron chi connectivity index (χ4n) is 0.374. The summed E-state index contributed by atoms with van der Waals surface area (Å²) in [5.41, 5.74) is 3.94. The lowest BCUT2D eigenvalue weighted by atomic mass is 10.1. The fraction of sp³-hybridized carbons (Fsp3) is 1.00. The van der Waals surface area contributed by atoms with Crippen molar-refractivity contribution in [2.24, 2.45) is 5.73 Å². The monoisotopic (exact) mass is 339 g/mol. The van der Waals surface area contributed by atoms with Gasteiger partial charge in [0.15, 0.2) is 0 Å². The van der Waals surface area contributed by atoms with Crippen LogP contribution in [0, 0.1) is 0 Å². The van der Waals surface area contributed by atoms with Crippen LogP contribution in [0.4, 0.5) is 0 Å². The third kappa shape index (κ3) is 12.7. The normalized spacial score (nSPS) is 13.9. The van der Waals surface area contributed by atoms with E-state index in [1.165, 1.54) is 0 Å². The Bertz CT molecular complexity index is 224. The molecule has 7 N–H and O–H groups in total. The number of rotatable bonds is 6. The summed E-state index contributed by atoms with van der Waals surface area (Å²) in [6.07, 6.45) is 0.519. The lowest BCUT2D eigenvalue weighted by Crippen LogP contribution is -2.50. The Morgan fingerprint density at radius 2 is 1.65 bits per heavy atom. The van der Waals surface area contributed by atoms with Crippen LogP contribution in [-0.4, -0.2) is 55.5 Å². The van der Waals surface area contributed by atoms with Gasteiger partial charge in [-0.2, -0.15) is 0 Å². The molecule has 1 unspecified atom stereocenters. The topological polar surface area (TPSA) is 153 Å². The van der Waals surface area contributed by atoms with E-state index in [9.17, 15) is 4.57 Å². The molecule has 0 aliphatic heterocycles. The van der Waals surface area contributed by atoms with Crippen molar-refractivity contribution < 1.29 is 34.2 Å². The van der Waals surface area contributed by atoms with Crippen molar-refractivity contribution in [3.05, 3.63) is 0 Å².